The molecule has 0 aromatic heterocycles. The van der Waals surface area contributed by atoms with Crippen LogP contribution < -0.4 is 0 Å². The molecule has 2 aliphatic carbocycles. The molecule has 0 radical (unpaired) electrons. The minimum atomic E-state index is 0.447. The van der Waals surface area contributed by atoms with E-state index in [4.69, 9.17) is 9.47 Å². The molecule has 2 heteroatoms. The molecule has 0 bridgehead atoms. The Morgan fingerprint density at radius 1 is 1.31 bits per heavy atom. The van der Waals surface area contributed by atoms with Crippen LogP contribution in [0.3, 0.4) is 0 Å². The summed E-state index contributed by atoms with van der Waals surface area (Å²) in [5.74, 6) is 2.40. The van der Waals surface area contributed by atoms with E-state index in [1.165, 1.54) is 30.6 Å². The van der Waals surface area contributed by atoms with Gasteiger partial charge in [0.15, 0.2) is 6.79 Å². The molecule has 2 nitrogen and oxygen atoms in total. The summed E-state index contributed by atoms with van der Waals surface area (Å²) in [5, 5.41) is 0. The molecule has 0 spiro atoms. The Kier molecular flexibility index (Phi) is 1.69. The van der Waals surface area contributed by atoms with E-state index in [-0.39, 0.29) is 0 Å². The van der Waals surface area contributed by atoms with Crippen LogP contribution in [0.4, 0.5) is 0 Å². The van der Waals surface area contributed by atoms with E-state index in [1.54, 1.807) is 0 Å². The molecule has 13 heavy (non-hydrogen) atoms. The molecule has 0 aromatic carbocycles. The highest BCUT2D eigenvalue weighted by Gasteiger charge is 2.37. The summed E-state index contributed by atoms with van der Waals surface area (Å²) in [6.07, 6.45) is 8.47. The van der Waals surface area contributed by atoms with Gasteiger partial charge in [-0.05, 0) is 36.8 Å². The van der Waals surface area contributed by atoms with Gasteiger partial charge in [0.05, 0.1) is 6.61 Å². The summed E-state index contributed by atoms with van der Waals surface area (Å²) < 4.78 is 10.8. The first-order valence-electron chi connectivity index (χ1n) is 5.07. The standard InChI is InChI=1S/C11H14O2/c1-2-4-9-8(3-1)5-11-10(9)6-12-7-13-11/h3,5,9-10H,1-2,4,6-7H2. The van der Waals surface area contributed by atoms with Crippen LogP contribution in [0.1, 0.15) is 19.3 Å². The van der Waals surface area contributed by atoms with Crippen molar-refractivity contribution in [2.24, 2.45) is 11.8 Å². The lowest BCUT2D eigenvalue weighted by Gasteiger charge is -2.28. The minimum absolute atomic E-state index is 0.447. The van der Waals surface area contributed by atoms with Crippen LogP contribution in [0.25, 0.3) is 0 Å². The Morgan fingerprint density at radius 3 is 3.31 bits per heavy atom. The van der Waals surface area contributed by atoms with Gasteiger partial charge >= 0.3 is 0 Å². The monoisotopic (exact) mass is 178 g/mol. The zero-order chi connectivity index (χ0) is 8.67. The zero-order valence-electron chi connectivity index (χ0n) is 7.66. The fourth-order valence-electron chi connectivity index (χ4n) is 2.63. The molecule has 3 rings (SSSR count). The Hall–Kier alpha value is -0.760. The molecular formula is C11H14O2. The van der Waals surface area contributed by atoms with Gasteiger partial charge in [0.2, 0.25) is 0 Å². The fourth-order valence-corrected chi connectivity index (χ4v) is 2.63. The summed E-state index contributed by atoms with van der Waals surface area (Å²) in [6, 6.07) is 0. The molecule has 2 unspecified atom stereocenters. The largest absolute Gasteiger partial charge is 0.471 e. The van der Waals surface area contributed by atoms with E-state index >= 15 is 0 Å². The van der Waals surface area contributed by atoms with Gasteiger partial charge in [-0.1, -0.05) is 6.08 Å². The summed E-state index contributed by atoms with van der Waals surface area (Å²) >= 11 is 0. The molecule has 0 amide bonds. The lowest BCUT2D eigenvalue weighted by molar-refractivity contribution is -0.0905. The third kappa shape index (κ3) is 1.12. The Labute approximate surface area is 78.2 Å². The zero-order valence-corrected chi connectivity index (χ0v) is 7.66. The van der Waals surface area contributed by atoms with Gasteiger partial charge in [-0.15, -0.1) is 0 Å². The van der Waals surface area contributed by atoms with Crippen LogP contribution in [0.15, 0.2) is 23.5 Å². The third-order valence-electron chi connectivity index (χ3n) is 3.29. The molecule has 1 fully saturated rings. The highest BCUT2D eigenvalue weighted by molar-refractivity contribution is 5.35. The highest BCUT2D eigenvalue weighted by Crippen LogP contribution is 2.43. The van der Waals surface area contributed by atoms with E-state index in [9.17, 15) is 0 Å². The van der Waals surface area contributed by atoms with Crippen molar-refractivity contribution < 1.29 is 9.47 Å². The fraction of sp³-hybridized carbons (Fsp3) is 0.636. The lowest BCUT2D eigenvalue weighted by atomic mass is 9.83. The van der Waals surface area contributed by atoms with Crippen LogP contribution in [0.5, 0.6) is 0 Å². The van der Waals surface area contributed by atoms with Crippen molar-refractivity contribution in [3.8, 4) is 0 Å². The van der Waals surface area contributed by atoms with Crippen LogP contribution in [0, 0.1) is 11.8 Å². The second-order valence-corrected chi connectivity index (χ2v) is 4.03. The van der Waals surface area contributed by atoms with E-state index < -0.39 is 0 Å². The van der Waals surface area contributed by atoms with Crippen LogP contribution in [0.2, 0.25) is 0 Å². The SMILES string of the molecule is C1=C2C=C3OCOCC3C2CCC1. The number of hydrogen-bond donors (Lipinski definition) is 0. The smallest absolute Gasteiger partial charge is 0.188 e. The van der Waals surface area contributed by atoms with Crippen LogP contribution in [-0.2, 0) is 9.47 Å². The summed E-state index contributed by atoms with van der Waals surface area (Å²) in [4.78, 5) is 0. The molecule has 1 aliphatic heterocycles. The first-order chi connectivity index (χ1) is 6.45. The minimum Gasteiger partial charge on any atom is -0.471 e. The maximum Gasteiger partial charge on any atom is 0.188 e. The number of hydrogen-bond acceptors (Lipinski definition) is 2. The molecule has 3 aliphatic rings. The van der Waals surface area contributed by atoms with Crippen molar-refractivity contribution in [2.45, 2.75) is 19.3 Å². The molecule has 0 saturated carbocycles. The predicted octanol–water partition coefficient (Wildman–Crippen LogP) is 2.23. The molecule has 1 saturated heterocycles. The van der Waals surface area contributed by atoms with Crippen molar-refractivity contribution in [3.05, 3.63) is 23.5 Å². The average Bonchev–Trinajstić information content (AvgIpc) is 2.56. The molecule has 2 atom stereocenters. The molecular weight excluding hydrogens is 164 g/mol. The van der Waals surface area contributed by atoms with Crippen molar-refractivity contribution in [1.82, 2.24) is 0 Å². The van der Waals surface area contributed by atoms with Gasteiger partial charge in [0.1, 0.15) is 5.76 Å². The highest BCUT2D eigenvalue weighted by atomic mass is 16.7. The molecule has 0 N–H and O–H groups in total. The Morgan fingerprint density at radius 2 is 2.31 bits per heavy atom. The van der Waals surface area contributed by atoms with Gasteiger partial charge in [-0.3, -0.25) is 0 Å². The van der Waals surface area contributed by atoms with Gasteiger partial charge in [-0.25, -0.2) is 0 Å². The van der Waals surface area contributed by atoms with E-state index in [0.29, 0.717) is 18.6 Å². The average molecular weight is 178 g/mol. The number of rotatable bonds is 0. The number of ether oxygens (including phenoxy) is 2. The van der Waals surface area contributed by atoms with Gasteiger partial charge < -0.3 is 9.47 Å². The lowest BCUT2D eigenvalue weighted by Crippen LogP contribution is -2.26. The predicted molar refractivity (Wildman–Crippen MR) is 48.9 cm³/mol. The van der Waals surface area contributed by atoms with Crippen molar-refractivity contribution in [3.63, 3.8) is 0 Å². The Bertz CT molecular complexity index is 278. The van der Waals surface area contributed by atoms with Crippen molar-refractivity contribution in [1.29, 1.82) is 0 Å². The summed E-state index contributed by atoms with van der Waals surface area (Å²) in [5.41, 5.74) is 1.50. The normalized spacial score (nSPS) is 36.9. The summed E-state index contributed by atoms with van der Waals surface area (Å²) in [7, 11) is 0. The van der Waals surface area contributed by atoms with E-state index in [2.05, 4.69) is 12.2 Å². The molecule has 70 valence electrons. The number of fused-ring (bicyclic) bond motifs is 3. The quantitative estimate of drug-likeness (QED) is 0.566. The first-order valence-corrected chi connectivity index (χ1v) is 5.07. The second kappa shape index (κ2) is 2.88. The topological polar surface area (TPSA) is 18.5 Å². The second-order valence-electron chi connectivity index (χ2n) is 4.03. The van der Waals surface area contributed by atoms with Gasteiger partial charge in [0, 0.05) is 5.92 Å². The first kappa shape index (κ1) is 7.63. The summed E-state index contributed by atoms with van der Waals surface area (Å²) in [6.45, 7) is 1.30. The molecule has 0 aromatic rings. The van der Waals surface area contributed by atoms with Gasteiger partial charge in [0.25, 0.3) is 0 Å². The van der Waals surface area contributed by atoms with E-state index in [1.807, 2.05) is 0 Å². The maximum atomic E-state index is 5.49. The Balaban J connectivity index is 1.92. The van der Waals surface area contributed by atoms with Gasteiger partial charge in [-0.2, -0.15) is 0 Å². The van der Waals surface area contributed by atoms with Crippen molar-refractivity contribution >= 4 is 0 Å². The van der Waals surface area contributed by atoms with Crippen LogP contribution in [-0.4, -0.2) is 13.4 Å². The van der Waals surface area contributed by atoms with Crippen molar-refractivity contribution in [2.75, 3.05) is 13.4 Å². The molecule has 1 heterocycles. The van der Waals surface area contributed by atoms with Crippen LogP contribution >= 0.6 is 0 Å². The maximum absolute atomic E-state index is 5.49. The number of allylic oxidation sites excluding steroid dienone is 3. The third-order valence-corrected chi connectivity index (χ3v) is 3.29. The van der Waals surface area contributed by atoms with E-state index in [0.717, 1.165) is 6.61 Å².